The first-order chi connectivity index (χ1) is 5.41. The van der Waals surface area contributed by atoms with Crippen molar-refractivity contribution in [3.63, 3.8) is 0 Å². The predicted octanol–water partition coefficient (Wildman–Crippen LogP) is 2.05. The van der Waals surface area contributed by atoms with Crippen molar-refractivity contribution in [2.24, 2.45) is 0 Å². The molecule has 0 bridgehead atoms. The predicted molar refractivity (Wildman–Crippen MR) is 42.6 cm³/mol. The van der Waals surface area contributed by atoms with Gasteiger partial charge in [-0.05, 0) is 12.1 Å². The van der Waals surface area contributed by atoms with E-state index < -0.39 is 20.3 Å². The Bertz CT molecular complexity index is 406. The van der Waals surface area contributed by atoms with Gasteiger partial charge in [-0.15, -0.1) is 3.89 Å². The summed E-state index contributed by atoms with van der Waals surface area (Å²) < 4.78 is 33.0. The minimum atomic E-state index is -4.80. The average molecular weight is 230 g/mol. The first kappa shape index (κ1) is 9.70. The lowest BCUT2D eigenvalue weighted by atomic mass is 10.5. The first-order valence-corrected chi connectivity index (χ1v) is 4.82. The molecule has 0 unspecified atom stereocenters. The highest BCUT2D eigenvalue weighted by Gasteiger charge is 2.17. The number of nitrogens with zero attached hydrogens (tertiary/aromatic N) is 1. The van der Waals surface area contributed by atoms with E-state index in [-0.39, 0.29) is 5.15 Å². The lowest BCUT2D eigenvalue weighted by Gasteiger charge is -1.96. The molecule has 0 aliphatic heterocycles. The topological polar surface area (TPSA) is 47.0 Å². The standard InChI is InChI=1S/C5H2Cl2FNO2S/c6-4-2-1-3(5(7)9-4)12(8,10)11/h1-2H. The van der Waals surface area contributed by atoms with Crippen molar-refractivity contribution in [1.82, 2.24) is 4.98 Å². The number of pyridine rings is 1. The number of halogens is 3. The average Bonchev–Trinajstić information content (AvgIpc) is 1.83. The van der Waals surface area contributed by atoms with Crippen LogP contribution in [0, 0.1) is 0 Å². The lowest BCUT2D eigenvalue weighted by molar-refractivity contribution is 0.551. The number of aromatic nitrogens is 1. The van der Waals surface area contributed by atoms with Gasteiger partial charge in [-0.3, -0.25) is 0 Å². The molecule has 1 rings (SSSR count). The Kier molecular flexibility index (Phi) is 2.55. The molecule has 0 amide bonds. The third kappa shape index (κ3) is 2.06. The largest absolute Gasteiger partial charge is 0.335 e. The van der Waals surface area contributed by atoms with E-state index >= 15 is 0 Å². The normalized spacial score (nSPS) is 11.6. The SMILES string of the molecule is O=S(=O)(F)c1ccc(Cl)nc1Cl. The summed E-state index contributed by atoms with van der Waals surface area (Å²) in [6.45, 7) is 0. The van der Waals surface area contributed by atoms with E-state index in [9.17, 15) is 12.3 Å². The van der Waals surface area contributed by atoms with Gasteiger partial charge < -0.3 is 0 Å². The van der Waals surface area contributed by atoms with Gasteiger partial charge in [0.05, 0.1) is 0 Å². The van der Waals surface area contributed by atoms with Crippen LogP contribution in [0.3, 0.4) is 0 Å². The molecule has 0 fully saturated rings. The van der Waals surface area contributed by atoms with Gasteiger partial charge in [0.2, 0.25) is 0 Å². The zero-order valence-electron chi connectivity index (χ0n) is 5.46. The van der Waals surface area contributed by atoms with Crippen molar-refractivity contribution in [3.8, 4) is 0 Å². The van der Waals surface area contributed by atoms with E-state index in [2.05, 4.69) is 4.98 Å². The number of rotatable bonds is 1. The van der Waals surface area contributed by atoms with Crippen LogP contribution in [0.1, 0.15) is 0 Å². The Morgan fingerprint density at radius 3 is 2.33 bits per heavy atom. The molecule has 0 aliphatic carbocycles. The maximum atomic E-state index is 12.3. The molecule has 1 aromatic rings. The van der Waals surface area contributed by atoms with Gasteiger partial charge in [0.1, 0.15) is 10.0 Å². The molecule has 0 atom stereocenters. The summed E-state index contributed by atoms with van der Waals surface area (Å²) in [4.78, 5) is 2.68. The minimum absolute atomic E-state index is 0.00685. The van der Waals surface area contributed by atoms with Crippen LogP contribution < -0.4 is 0 Å². The third-order valence-electron chi connectivity index (χ3n) is 1.04. The fourth-order valence-corrected chi connectivity index (χ4v) is 1.68. The zero-order chi connectivity index (χ0) is 9.35. The van der Waals surface area contributed by atoms with Crippen LogP contribution in [-0.4, -0.2) is 13.4 Å². The summed E-state index contributed by atoms with van der Waals surface area (Å²) in [7, 11) is -4.80. The van der Waals surface area contributed by atoms with Crippen LogP contribution in [0.2, 0.25) is 10.3 Å². The molecule has 66 valence electrons. The van der Waals surface area contributed by atoms with E-state index in [1.807, 2.05) is 0 Å². The number of hydrogen-bond acceptors (Lipinski definition) is 3. The van der Waals surface area contributed by atoms with Crippen LogP contribution in [0.5, 0.6) is 0 Å². The third-order valence-corrected chi connectivity index (χ3v) is 2.51. The fourth-order valence-electron chi connectivity index (χ4n) is 0.581. The quantitative estimate of drug-likeness (QED) is 0.547. The van der Waals surface area contributed by atoms with Gasteiger partial charge in [0, 0.05) is 0 Å². The molecule has 12 heavy (non-hydrogen) atoms. The van der Waals surface area contributed by atoms with Crippen molar-refractivity contribution < 1.29 is 12.3 Å². The molecule has 1 aromatic heterocycles. The van der Waals surface area contributed by atoms with Gasteiger partial charge >= 0.3 is 10.2 Å². The summed E-state index contributed by atoms with van der Waals surface area (Å²) in [6, 6.07) is 2.09. The highest BCUT2D eigenvalue weighted by Crippen LogP contribution is 2.22. The Morgan fingerprint density at radius 2 is 1.92 bits per heavy atom. The summed E-state index contributed by atoms with van der Waals surface area (Å²) in [5.74, 6) is 0. The summed E-state index contributed by atoms with van der Waals surface area (Å²) in [6.07, 6.45) is 0. The van der Waals surface area contributed by atoms with Crippen LogP contribution in [0.25, 0.3) is 0 Å². The second kappa shape index (κ2) is 3.16. The van der Waals surface area contributed by atoms with Gasteiger partial charge in [0.25, 0.3) is 0 Å². The smallest absolute Gasteiger partial charge is 0.223 e. The molecule has 0 radical (unpaired) electrons. The molecule has 0 spiro atoms. The first-order valence-electron chi connectivity index (χ1n) is 2.68. The van der Waals surface area contributed by atoms with E-state index in [0.717, 1.165) is 12.1 Å². The van der Waals surface area contributed by atoms with Crippen LogP contribution in [0.15, 0.2) is 17.0 Å². The molecule has 3 nitrogen and oxygen atoms in total. The molecule has 0 aromatic carbocycles. The highest BCUT2D eigenvalue weighted by atomic mass is 35.5. The molecule has 7 heteroatoms. The van der Waals surface area contributed by atoms with Gasteiger partial charge in [0.15, 0.2) is 5.15 Å². The second-order valence-electron chi connectivity index (χ2n) is 1.86. The molecular weight excluding hydrogens is 228 g/mol. The summed E-state index contributed by atoms with van der Waals surface area (Å²) >= 11 is 10.7. The van der Waals surface area contributed by atoms with Crippen molar-refractivity contribution in [2.75, 3.05) is 0 Å². The monoisotopic (exact) mass is 229 g/mol. The zero-order valence-corrected chi connectivity index (χ0v) is 7.79. The Hall–Kier alpha value is -0.390. The molecule has 1 heterocycles. The van der Waals surface area contributed by atoms with E-state index in [1.54, 1.807) is 0 Å². The maximum absolute atomic E-state index is 12.3. The number of hydrogen-bond donors (Lipinski definition) is 0. The van der Waals surface area contributed by atoms with Crippen molar-refractivity contribution in [3.05, 3.63) is 22.4 Å². The fraction of sp³-hybridized carbons (Fsp3) is 0. The van der Waals surface area contributed by atoms with Crippen molar-refractivity contribution in [1.29, 1.82) is 0 Å². The molecule has 0 N–H and O–H groups in total. The highest BCUT2D eigenvalue weighted by molar-refractivity contribution is 7.86. The second-order valence-corrected chi connectivity index (χ2v) is 3.92. The Balaban J connectivity index is 3.39. The van der Waals surface area contributed by atoms with E-state index in [0.29, 0.717) is 0 Å². The van der Waals surface area contributed by atoms with Gasteiger partial charge in [-0.1, -0.05) is 23.2 Å². The van der Waals surface area contributed by atoms with E-state index in [1.165, 1.54) is 0 Å². The Morgan fingerprint density at radius 1 is 1.33 bits per heavy atom. The van der Waals surface area contributed by atoms with Crippen LogP contribution in [0.4, 0.5) is 3.89 Å². The molecule has 0 aliphatic rings. The molecule has 0 saturated carbocycles. The van der Waals surface area contributed by atoms with Gasteiger partial charge in [-0.2, -0.15) is 8.42 Å². The molecular formula is C5H2Cl2FNO2S. The summed E-state index contributed by atoms with van der Waals surface area (Å²) in [5, 5.41) is -0.461. The van der Waals surface area contributed by atoms with Crippen molar-refractivity contribution >= 4 is 33.4 Å². The Labute approximate surface area is 78.3 Å². The lowest BCUT2D eigenvalue weighted by Crippen LogP contribution is -1.94. The van der Waals surface area contributed by atoms with Crippen molar-refractivity contribution in [2.45, 2.75) is 4.90 Å². The molecule has 0 saturated heterocycles. The van der Waals surface area contributed by atoms with Crippen LogP contribution in [-0.2, 0) is 10.2 Å². The minimum Gasteiger partial charge on any atom is -0.223 e. The summed E-state index contributed by atoms with van der Waals surface area (Å²) in [5.41, 5.74) is 0. The maximum Gasteiger partial charge on any atom is 0.335 e. The van der Waals surface area contributed by atoms with Gasteiger partial charge in [-0.25, -0.2) is 4.98 Å². The van der Waals surface area contributed by atoms with E-state index in [4.69, 9.17) is 23.2 Å². The van der Waals surface area contributed by atoms with Crippen LogP contribution >= 0.6 is 23.2 Å².